The number of hydrogen-bond acceptors (Lipinski definition) is 4. The number of rotatable bonds is 4. The Morgan fingerprint density at radius 2 is 1.80 bits per heavy atom. The molecule has 0 atom stereocenters. The number of hydrogen-bond donors (Lipinski definition) is 2. The number of nitrogens with one attached hydrogen (secondary N) is 1. The first-order valence-corrected chi connectivity index (χ1v) is 6.81. The lowest BCUT2D eigenvalue weighted by Gasteiger charge is -2.27. The molecule has 2 rings (SSSR count). The maximum atomic E-state index is 12.5. The summed E-state index contributed by atoms with van der Waals surface area (Å²) in [5, 5.41) is 10.2. The summed E-state index contributed by atoms with van der Waals surface area (Å²) in [6, 6.07) is 3.44. The van der Waals surface area contributed by atoms with Crippen LogP contribution in [0.1, 0.15) is 11.1 Å². The van der Waals surface area contributed by atoms with Gasteiger partial charge in [0.2, 0.25) is 0 Å². The van der Waals surface area contributed by atoms with E-state index < -0.39 is 23.9 Å². The third kappa shape index (κ3) is 6.78. The number of benzene rings is 1. The van der Waals surface area contributed by atoms with Crippen LogP contribution >= 0.6 is 0 Å². The van der Waals surface area contributed by atoms with Crippen LogP contribution in [0, 0.1) is 0 Å². The maximum Gasteiger partial charge on any atom is 0.490 e. The number of carboxylic acid groups (broad SMARTS) is 1. The second kappa shape index (κ2) is 8.39. The molecule has 1 fully saturated rings. The Morgan fingerprint density at radius 3 is 2.16 bits per heavy atom. The summed E-state index contributed by atoms with van der Waals surface area (Å²) in [5.41, 5.74) is -0.0918. The topological polar surface area (TPSA) is 67.8 Å². The monoisotopic (exact) mass is 375 g/mol. The van der Waals surface area contributed by atoms with Crippen molar-refractivity contribution in [3.63, 3.8) is 0 Å². The van der Waals surface area contributed by atoms with E-state index in [0.29, 0.717) is 5.56 Å². The van der Waals surface area contributed by atoms with Crippen molar-refractivity contribution in [3.8, 4) is 5.75 Å². The van der Waals surface area contributed by atoms with Gasteiger partial charge >= 0.3 is 18.3 Å². The van der Waals surface area contributed by atoms with Crippen molar-refractivity contribution < 1.29 is 45.7 Å². The number of carboxylic acids is 1. The highest BCUT2D eigenvalue weighted by molar-refractivity contribution is 5.73. The summed E-state index contributed by atoms with van der Waals surface area (Å²) in [6.07, 6.45) is -9.30. The molecule has 1 aromatic carbocycles. The van der Waals surface area contributed by atoms with Gasteiger partial charge in [-0.05, 0) is 12.1 Å². The quantitative estimate of drug-likeness (QED) is 0.793. The van der Waals surface area contributed by atoms with Crippen molar-refractivity contribution in [2.45, 2.75) is 25.1 Å². The van der Waals surface area contributed by atoms with E-state index in [0.717, 1.165) is 25.2 Å². The number of alkyl halides is 6. The van der Waals surface area contributed by atoms with Gasteiger partial charge in [-0.1, -0.05) is 6.07 Å². The maximum absolute atomic E-state index is 12.5. The Bertz CT molecular complexity index is 584. The van der Waals surface area contributed by atoms with Gasteiger partial charge in [-0.15, -0.1) is 0 Å². The lowest BCUT2D eigenvalue weighted by molar-refractivity contribution is -0.192. The fraction of sp³-hybridized carbons (Fsp3) is 0.500. The Labute approximate surface area is 138 Å². The average molecular weight is 375 g/mol. The highest BCUT2D eigenvalue weighted by Crippen LogP contribution is 2.33. The highest BCUT2D eigenvalue weighted by Gasteiger charge is 2.38. The van der Waals surface area contributed by atoms with Crippen LogP contribution in [0.3, 0.4) is 0 Å². The van der Waals surface area contributed by atoms with Crippen LogP contribution in [0.15, 0.2) is 18.2 Å². The molecule has 0 aliphatic carbocycles. The van der Waals surface area contributed by atoms with E-state index in [1.807, 2.05) is 0 Å². The molecule has 0 aromatic heterocycles. The SMILES string of the molecule is COc1cc(C(F)(F)F)ccc1COC1CNC1.O=C(O)C(F)(F)F. The van der Waals surface area contributed by atoms with Crippen molar-refractivity contribution >= 4 is 5.97 Å². The summed E-state index contributed by atoms with van der Waals surface area (Å²) in [7, 11) is 1.35. The molecule has 0 spiro atoms. The lowest BCUT2D eigenvalue weighted by Crippen LogP contribution is -2.48. The van der Waals surface area contributed by atoms with Crippen LogP contribution in [-0.4, -0.2) is 43.6 Å². The van der Waals surface area contributed by atoms with E-state index in [1.54, 1.807) is 0 Å². The van der Waals surface area contributed by atoms with E-state index in [2.05, 4.69) is 5.32 Å². The molecular weight excluding hydrogens is 360 g/mol. The largest absolute Gasteiger partial charge is 0.496 e. The molecule has 0 bridgehead atoms. The van der Waals surface area contributed by atoms with Crippen molar-refractivity contribution in [1.29, 1.82) is 0 Å². The molecule has 25 heavy (non-hydrogen) atoms. The van der Waals surface area contributed by atoms with Gasteiger partial charge in [0, 0.05) is 18.7 Å². The Balaban J connectivity index is 0.000000381. The summed E-state index contributed by atoms with van der Waals surface area (Å²) in [5.74, 6) is -2.55. The molecule has 5 nitrogen and oxygen atoms in total. The number of methoxy groups -OCH3 is 1. The number of carbonyl (C=O) groups is 1. The summed E-state index contributed by atoms with van der Waals surface area (Å²) >= 11 is 0. The third-order valence-electron chi connectivity index (χ3n) is 3.08. The van der Waals surface area contributed by atoms with Crippen LogP contribution in [0.25, 0.3) is 0 Å². The Hall–Kier alpha value is -2.01. The number of aliphatic carboxylic acids is 1. The first kappa shape index (κ1) is 21.0. The van der Waals surface area contributed by atoms with Crippen molar-refractivity contribution in [2.75, 3.05) is 20.2 Å². The summed E-state index contributed by atoms with van der Waals surface area (Å²) < 4.78 is 79.8. The van der Waals surface area contributed by atoms with E-state index in [9.17, 15) is 26.3 Å². The van der Waals surface area contributed by atoms with E-state index in [-0.39, 0.29) is 18.5 Å². The van der Waals surface area contributed by atoms with Gasteiger partial charge in [-0.25, -0.2) is 4.79 Å². The molecule has 1 heterocycles. The van der Waals surface area contributed by atoms with Crippen molar-refractivity contribution in [2.24, 2.45) is 0 Å². The van der Waals surface area contributed by atoms with Crippen molar-refractivity contribution in [3.05, 3.63) is 29.3 Å². The second-order valence-corrected chi connectivity index (χ2v) is 4.92. The zero-order chi connectivity index (χ0) is 19.3. The van der Waals surface area contributed by atoms with E-state index in [1.165, 1.54) is 13.2 Å². The molecule has 2 N–H and O–H groups in total. The fourth-order valence-corrected chi connectivity index (χ4v) is 1.63. The minimum atomic E-state index is -5.08. The molecule has 1 aliphatic heterocycles. The molecule has 1 saturated heterocycles. The third-order valence-corrected chi connectivity index (χ3v) is 3.08. The molecule has 0 amide bonds. The zero-order valence-electron chi connectivity index (χ0n) is 12.9. The predicted molar refractivity (Wildman–Crippen MR) is 73.1 cm³/mol. The predicted octanol–water partition coefficient (Wildman–Crippen LogP) is 2.84. The van der Waals surface area contributed by atoms with Gasteiger partial charge in [0.1, 0.15) is 5.75 Å². The van der Waals surface area contributed by atoms with Gasteiger partial charge in [0.25, 0.3) is 0 Å². The Kier molecular flexibility index (Phi) is 7.06. The van der Waals surface area contributed by atoms with Gasteiger partial charge in [0.05, 0.1) is 25.4 Å². The van der Waals surface area contributed by atoms with E-state index >= 15 is 0 Å². The normalized spacial score (nSPS) is 15.0. The van der Waals surface area contributed by atoms with Gasteiger partial charge in [-0.2, -0.15) is 26.3 Å². The minimum Gasteiger partial charge on any atom is -0.496 e. The molecule has 1 aliphatic rings. The van der Waals surface area contributed by atoms with Crippen LogP contribution in [0.5, 0.6) is 5.75 Å². The lowest BCUT2D eigenvalue weighted by atomic mass is 10.1. The molecule has 0 unspecified atom stereocenters. The molecule has 0 saturated carbocycles. The fourth-order valence-electron chi connectivity index (χ4n) is 1.63. The van der Waals surface area contributed by atoms with Crippen LogP contribution < -0.4 is 10.1 Å². The van der Waals surface area contributed by atoms with Gasteiger partial charge in [-0.3, -0.25) is 0 Å². The number of ether oxygens (including phenoxy) is 2. The van der Waals surface area contributed by atoms with Crippen LogP contribution in [0.2, 0.25) is 0 Å². The molecular formula is C14H15F6NO4. The zero-order valence-corrected chi connectivity index (χ0v) is 12.9. The first-order chi connectivity index (χ1) is 11.4. The highest BCUT2D eigenvalue weighted by atomic mass is 19.4. The standard InChI is InChI=1S/C12H14F3NO2.C2HF3O2/c1-17-11-4-9(12(13,14)15)3-2-8(11)7-18-10-5-16-6-10;3-2(4,5)1(6)7/h2-4,10,16H,5-7H2,1H3;(H,6,7). The summed E-state index contributed by atoms with van der Waals surface area (Å²) in [6.45, 7) is 1.82. The van der Waals surface area contributed by atoms with Gasteiger partial charge in [0.15, 0.2) is 0 Å². The van der Waals surface area contributed by atoms with Crippen LogP contribution in [0.4, 0.5) is 26.3 Å². The minimum absolute atomic E-state index is 0.136. The average Bonchev–Trinajstić information content (AvgIpc) is 2.44. The first-order valence-electron chi connectivity index (χ1n) is 6.81. The molecule has 142 valence electrons. The van der Waals surface area contributed by atoms with Crippen molar-refractivity contribution in [1.82, 2.24) is 5.32 Å². The second-order valence-electron chi connectivity index (χ2n) is 4.92. The molecule has 1 aromatic rings. The summed E-state index contributed by atoms with van der Waals surface area (Å²) in [4.78, 5) is 8.90. The Morgan fingerprint density at radius 1 is 1.24 bits per heavy atom. The molecule has 0 radical (unpaired) electrons. The van der Waals surface area contributed by atoms with E-state index in [4.69, 9.17) is 19.4 Å². The van der Waals surface area contributed by atoms with Crippen LogP contribution in [-0.2, 0) is 22.3 Å². The van der Waals surface area contributed by atoms with Gasteiger partial charge < -0.3 is 19.9 Å². The number of halogens is 6. The smallest absolute Gasteiger partial charge is 0.490 e. The molecule has 11 heteroatoms.